The first kappa shape index (κ1) is 28.3. The van der Waals surface area contributed by atoms with E-state index in [2.05, 4.69) is 162 Å². The van der Waals surface area contributed by atoms with Gasteiger partial charge in [-0.3, -0.25) is 0 Å². The van der Waals surface area contributed by atoms with Crippen molar-refractivity contribution in [3.8, 4) is 50.7 Å². The normalized spacial score (nSPS) is 11.6. The zero-order chi connectivity index (χ0) is 33.0. The monoisotopic (exact) mass is 639 g/mol. The van der Waals surface area contributed by atoms with E-state index in [0.717, 1.165) is 72.3 Å². The zero-order valence-corrected chi connectivity index (χ0v) is 27.0. The second kappa shape index (κ2) is 11.4. The fourth-order valence-electron chi connectivity index (χ4n) is 7.26. The van der Waals surface area contributed by atoms with Gasteiger partial charge in [0.15, 0.2) is 5.82 Å². The SMILES string of the molecule is c1ccc(-c2cccc(-c3nc(-c4ccc5c6ccccc6n(-c6ccccc6)c5c4)cc(-c4cccc5c4oc4ccccc45)n3)c2)cc1. The van der Waals surface area contributed by atoms with Gasteiger partial charge in [-0.2, -0.15) is 0 Å². The number of benzene rings is 7. The summed E-state index contributed by atoms with van der Waals surface area (Å²) in [6, 6.07) is 61.3. The van der Waals surface area contributed by atoms with Crippen molar-refractivity contribution in [1.29, 1.82) is 0 Å². The van der Waals surface area contributed by atoms with Crippen LogP contribution in [0.3, 0.4) is 0 Å². The third-order valence-corrected chi connectivity index (χ3v) is 9.62. The Labute approximate surface area is 288 Å². The molecule has 7 aromatic carbocycles. The number of nitrogens with zero attached hydrogens (tertiary/aromatic N) is 3. The molecule has 10 rings (SSSR count). The van der Waals surface area contributed by atoms with Gasteiger partial charge in [0.1, 0.15) is 11.2 Å². The summed E-state index contributed by atoms with van der Waals surface area (Å²) in [5, 5.41) is 4.58. The Morgan fingerprint density at radius 3 is 1.94 bits per heavy atom. The highest BCUT2D eigenvalue weighted by molar-refractivity contribution is 6.11. The van der Waals surface area contributed by atoms with Gasteiger partial charge in [0.25, 0.3) is 0 Å². The topological polar surface area (TPSA) is 43.9 Å². The fraction of sp³-hybridized carbons (Fsp3) is 0. The van der Waals surface area contributed by atoms with E-state index in [1.54, 1.807) is 0 Å². The number of hydrogen-bond donors (Lipinski definition) is 0. The predicted octanol–water partition coefficient (Wildman–Crippen LogP) is 12.1. The Kier molecular flexibility index (Phi) is 6.46. The van der Waals surface area contributed by atoms with Crippen LogP contribution >= 0.6 is 0 Å². The number of hydrogen-bond acceptors (Lipinski definition) is 3. The molecule has 0 spiro atoms. The van der Waals surface area contributed by atoms with E-state index in [-0.39, 0.29) is 0 Å². The Balaban J connectivity index is 1.22. The van der Waals surface area contributed by atoms with Gasteiger partial charge in [-0.1, -0.05) is 127 Å². The van der Waals surface area contributed by atoms with E-state index in [1.807, 2.05) is 18.2 Å². The molecule has 0 radical (unpaired) electrons. The van der Waals surface area contributed by atoms with Crippen molar-refractivity contribution in [3.05, 3.63) is 176 Å². The van der Waals surface area contributed by atoms with Crippen molar-refractivity contribution in [3.63, 3.8) is 0 Å². The van der Waals surface area contributed by atoms with Gasteiger partial charge in [0, 0.05) is 43.9 Å². The van der Waals surface area contributed by atoms with Gasteiger partial charge >= 0.3 is 0 Å². The average molecular weight is 640 g/mol. The molecule has 0 aliphatic rings. The van der Waals surface area contributed by atoms with Gasteiger partial charge in [0.2, 0.25) is 0 Å². The Morgan fingerprint density at radius 1 is 0.400 bits per heavy atom. The van der Waals surface area contributed by atoms with Crippen LogP contribution in [0.15, 0.2) is 180 Å². The first-order valence-corrected chi connectivity index (χ1v) is 16.8. The summed E-state index contributed by atoms with van der Waals surface area (Å²) >= 11 is 0. The largest absolute Gasteiger partial charge is 0.455 e. The van der Waals surface area contributed by atoms with Crippen LogP contribution in [0.5, 0.6) is 0 Å². The molecule has 0 atom stereocenters. The van der Waals surface area contributed by atoms with Crippen LogP contribution in [-0.4, -0.2) is 14.5 Å². The fourth-order valence-corrected chi connectivity index (χ4v) is 7.26. The van der Waals surface area contributed by atoms with Crippen LogP contribution < -0.4 is 0 Å². The summed E-state index contributed by atoms with van der Waals surface area (Å²) in [6.07, 6.45) is 0. The molecule has 0 bridgehead atoms. The third-order valence-electron chi connectivity index (χ3n) is 9.62. The number of rotatable bonds is 5. The van der Waals surface area contributed by atoms with Gasteiger partial charge in [-0.25, -0.2) is 9.97 Å². The summed E-state index contributed by atoms with van der Waals surface area (Å²) in [4.78, 5) is 10.5. The minimum atomic E-state index is 0.659. The van der Waals surface area contributed by atoms with Crippen molar-refractivity contribution in [2.75, 3.05) is 0 Å². The average Bonchev–Trinajstić information content (AvgIpc) is 3.74. The minimum absolute atomic E-state index is 0.659. The maximum Gasteiger partial charge on any atom is 0.160 e. The second-order valence-electron chi connectivity index (χ2n) is 12.6. The summed E-state index contributed by atoms with van der Waals surface area (Å²) in [6.45, 7) is 0. The van der Waals surface area contributed by atoms with Crippen molar-refractivity contribution < 1.29 is 4.42 Å². The summed E-state index contributed by atoms with van der Waals surface area (Å²) < 4.78 is 8.84. The molecule has 50 heavy (non-hydrogen) atoms. The van der Waals surface area contributed by atoms with Crippen LogP contribution in [0.1, 0.15) is 0 Å². The molecule has 0 fully saturated rings. The molecule has 234 valence electrons. The quantitative estimate of drug-likeness (QED) is 0.188. The molecule has 0 saturated carbocycles. The van der Waals surface area contributed by atoms with Crippen molar-refractivity contribution >= 4 is 43.7 Å². The molecule has 4 heteroatoms. The van der Waals surface area contributed by atoms with E-state index in [1.165, 1.54) is 16.3 Å². The van der Waals surface area contributed by atoms with Crippen molar-refractivity contribution in [1.82, 2.24) is 14.5 Å². The number of para-hydroxylation sites is 4. The molecule has 4 nitrogen and oxygen atoms in total. The lowest BCUT2D eigenvalue weighted by molar-refractivity contribution is 0.670. The Bertz CT molecular complexity index is 2870. The summed E-state index contributed by atoms with van der Waals surface area (Å²) in [5.41, 5.74) is 11.9. The van der Waals surface area contributed by atoms with Crippen LogP contribution in [0, 0.1) is 0 Å². The zero-order valence-electron chi connectivity index (χ0n) is 27.0. The number of fused-ring (bicyclic) bond motifs is 6. The molecule has 0 amide bonds. The van der Waals surface area contributed by atoms with Crippen LogP contribution in [0.4, 0.5) is 0 Å². The van der Waals surface area contributed by atoms with Gasteiger partial charge in [-0.05, 0) is 59.7 Å². The predicted molar refractivity (Wildman–Crippen MR) is 205 cm³/mol. The smallest absolute Gasteiger partial charge is 0.160 e. The van der Waals surface area contributed by atoms with E-state index in [4.69, 9.17) is 14.4 Å². The third kappa shape index (κ3) is 4.61. The first-order chi connectivity index (χ1) is 24.8. The van der Waals surface area contributed by atoms with Gasteiger partial charge in [0.05, 0.1) is 22.4 Å². The van der Waals surface area contributed by atoms with Gasteiger partial charge in [-0.15, -0.1) is 0 Å². The minimum Gasteiger partial charge on any atom is -0.455 e. The van der Waals surface area contributed by atoms with E-state index < -0.39 is 0 Å². The number of furan rings is 1. The molecule has 0 unspecified atom stereocenters. The van der Waals surface area contributed by atoms with Crippen LogP contribution in [0.25, 0.3) is 94.5 Å². The highest BCUT2D eigenvalue weighted by Crippen LogP contribution is 2.39. The van der Waals surface area contributed by atoms with E-state index >= 15 is 0 Å². The van der Waals surface area contributed by atoms with Crippen molar-refractivity contribution in [2.45, 2.75) is 0 Å². The maximum absolute atomic E-state index is 6.50. The number of aromatic nitrogens is 3. The molecule has 10 aromatic rings. The summed E-state index contributed by atoms with van der Waals surface area (Å²) in [7, 11) is 0. The highest BCUT2D eigenvalue weighted by Gasteiger charge is 2.18. The molecule has 0 aliphatic heterocycles. The Morgan fingerprint density at radius 2 is 1.06 bits per heavy atom. The molecule has 0 N–H and O–H groups in total. The van der Waals surface area contributed by atoms with Crippen LogP contribution in [0.2, 0.25) is 0 Å². The lowest BCUT2D eigenvalue weighted by atomic mass is 10.0. The maximum atomic E-state index is 6.50. The highest BCUT2D eigenvalue weighted by atomic mass is 16.3. The second-order valence-corrected chi connectivity index (χ2v) is 12.6. The Hall–Kier alpha value is -6.78. The van der Waals surface area contributed by atoms with Crippen molar-refractivity contribution in [2.24, 2.45) is 0 Å². The van der Waals surface area contributed by atoms with E-state index in [0.29, 0.717) is 5.82 Å². The lowest BCUT2D eigenvalue weighted by Gasteiger charge is -2.12. The summed E-state index contributed by atoms with van der Waals surface area (Å²) in [5.74, 6) is 0.659. The van der Waals surface area contributed by atoms with Gasteiger partial charge < -0.3 is 8.98 Å². The molecule has 0 aliphatic carbocycles. The molecule has 3 heterocycles. The van der Waals surface area contributed by atoms with E-state index in [9.17, 15) is 0 Å². The molecular weight excluding hydrogens is 611 g/mol. The van der Waals surface area contributed by atoms with Crippen LogP contribution in [-0.2, 0) is 0 Å². The standard InChI is InChI=1S/C46H29N3O/c1-3-13-30(14-4-1)31-15-11-16-33(27-31)46-47-40(29-41(48-46)39-22-12-21-38-37-20-8-10-24-44(37)50-45(38)39)32-25-26-36-35-19-7-9-23-42(35)49(43(36)28-32)34-17-5-2-6-18-34/h1-29H. The molecule has 0 saturated heterocycles. The lowest BCUT2D eigenvalue weighted by Crippen LogP contribution is -1.97. The first-order valence-electron chi connectivity index (χ1n) is 16.8. The molecular formula is C46H29N3O. The molecule has 3 aromatic heterocycles.